The van der Waals surface area contributed by atoms with Crippen molar-refractivity contribution in [2.45, 2.75) is 46.6 Å². The summed E-state index contributed by atoms with van der Waals surface area (Å²) in [7, 11) is 0. The van der Waals surface area contributed by atoms with Crippen molar-refractivity contribution in [3.63, 3.8) is 0 Å². The number of alkyl carbamates (subject to hydrolysis) is 1. The number of hydrogen-bond acceptors (Lipinski definition) is 3. The number of carbonyl (C=O) groups excluding carboxylic acids is 1. The van der Waals surface area contributed by atoms with Crippen LogP contribution < -0.4 is 10.6 Å². The minimum Gasteiger partial charge on any atom is -0.444 e. The first-order chi connectivity index (χ1) is 9.67. The average Bonchev–Trinajstić information content (AvgIpc) is 2.31. The Balaban J connectivity index is 2.20. The molecule has 0 aromatic carbocycles. The minimum atomic E-state index is -0.465. The molecule has 1 saturated heterocycles. The molecule has 0 aromatic heterocycles. The normalized spacial score (nSPS) is 22.6. The Morgan fingerprint density at radius 3 is 2.24 bits per heavy atom. The van der Waals surface area contributed by atoms with Crippen molar-refractivity contribution in [1.82, 2.24) is 15.5 Å². The van der Waals surface area contributed by atoms with E-state index in [1.807, 2.05) is 20.8 Å². The zero-order valence-corrected chi connectivity index (χ0v) is 14.7. The third-order valence-corrected chi connectivity index (χ3v) is 3.63. The van der Waals surface area contributed by atoms with Crippen molar-refractivity contribution >= 4 is 23.4 Å². The van der Waals surface area contributed by atoms with E-state index in [9.17, 15) is 4.79 Å². The van der Waals surface area contributed by atoms with Crippen molar-refractivity contribution in [1.29, 1.82) is 0 Å². The molecular weight excluding hydrogens is 286 g/mol. The number of nitrogens with one attached hydrogen (secondary N) is 2. The Kier molecular flexibility index (Phi) is 6.71. The molecule has 21 heavy (non-hydrogen) atoms. The zero-order chi connectivity index (χ0) is 16.0. The molecule has 1 heterocycles. The highest BCUT2D eigenvalue weighted by molar-refractivity contribution is 7.80. The lowest BCUT2D eigenvalue weighted by Gasteiger charge is -2.36. The van der Waals surface area contributed by atoms with Gasteiger partial charge in [0, 0.05) is 26.2 Å². The second-order valence-corrected chi connectivity index (χ2v) is 7.40. The second kappa shape index (κ2) is 7.82. The van der Waals surface area contributed by atoms with Crippen LogP contribution in [0.1, 0.15) is 41.0 Å². The molecule has 122 valence electrons. The van der Waals surface area contributed by atoms with Crippen LogP contribution in [-0.2, 0) is 4.74 Å². The molecule has 1 rings (SSSR count). The van der Waals surface area contributed by atoms with Gasteiger partial charge in [-0.3, -0.25) is 0 Å². The van der Waals surface area contributed by atoms with E-state index in [0.29, 0.717) is 24.9 Å². The fourth-order valence-electron chi connectivity index (χ4n) is 2.59. The third-order valence-electron chi connectivity index (χ3n) is 3.23. The smallest absolute Gasteiger partial charge is 0.407 e. The quantitative estimate of drug-likeness (QED) is 0.618. The van der Waals surface area contributed by atoms with Crippen LogP contribution >= 0.6 is 12.2 Å². The third kappa shape index (κ3) is 7.50. The van der Waals surface area contributed by atoms with E-state index in [-0.39, 0.29) is 0 Å². The van der Waals surface area contributed by atoms with E-state index >= 15 is 0 Å². The van der Waals surface area contributed by atoms with Crippen LogP contribution in [0.5, 0.6) is 0 Å². The first-order valence-corrected chi connectivity index (χ1v) is 8.08. The van der Waals surface area contributed by atoms with E-state index in [4.69, 9.17) is 17.0 Å². The predicted molar refractivity (Wildman–Crippen MR) is 89.4 cm³/mol. The zero-order valence-electron chi connectivity index (χ0n) is 13.9. The standard InChI is InChI=1S/C15H29N3O2S/c1-11-8-12(2)10-18(9-11)13(21)16-6-7-17-14(19)20-15(3,4)5/h11-12H,6-10H2,1-5H3,(H,16,21)(H,17,19). The van der Waals surface area contributed by atoms with Crippen LogP contribution in [0.3, 0.4) is 0 Å². The molecule has 1 aliphatic rings. The number of likely N-dealkylation sites (tertiary alicyclic amines) is 1. The Morgan fingerprint density at radius 2 is 1.71 bits per heavy atom. The maximum Gasteiger partial charge on any atom is 0.407 e. The summed E-state index contributed by atoms with van der Waals surface area (Å²) in [6.45, 7) is 13.2. The summed E-state index contributed by atoms with van der Waals surface area (Å²) in [5, 5.41) is 6.69. The van der Waals surface area contributed by atoms with Crippen LogP contribution in [0.4, 0.5) is 4.79 Å². The lowest BCUT2D eigenvalue weighted by atomic mass is 9.92. The fraction of sp³-hybridized carbons (Fsp3) is 0.867. The maximum atomic E-state index is 11.5. The van der Waals surface area contributed by atoms with Crippen LogP contribution in [0.25, 0.3) is 0 Å². The number of carbonyl (C=O) groups is 1. The Hall–Kier alpha value is -1.04. The van der Waals surface area contributed by atoms with Crippen molar-refractivity contribution in [3.05, 3.63) is 0 Å². The topological polar surface area (TPSA) is 53.6 Å². The van der Waals surface area contributed by atoms with E-state index < -0.39 is 11.7 Å². The van der Waals surface area contributed by atoms with Crippen LogP contribution in [0.2, 0.25) is 0 Å². The Labute approximate surface area is 133 Å². The van der Waals surface area contributed by atoms with Gasteiger partial charge < -0.3 is 20.3 Å². The first kappa shape index (κ1) is 18.0. The molecule has 5 nitrogen and oxygen atoms in total. The fourth-order valence-corrected chi connectivity index (χ4v) is 2.84. The highest BCUT2D eigenvalue weighted by atomic mass is 32.1. The summed E-state index contributed by atoms with van der Waals surface area (Å²) < 4.78 is 5.17. The number of rotatable bonds is 3. The number of piperidine rings is 1. The molecule has 6 heteroatoms. The molecule has 0 spiro atoms. The van der Waals surface area contributed by atoms with Crippen molar-refractivity contribution in [3.8, 4) is 0 Å². The SMILES string of the molecule is CC1CC(C)CN(C(=S)NCCNC(=O)OC(C)(C)C)C1. The number of nitrogens with zero attached hydrogens (tertiary/aromatic N) is 1. The first-order valence-electron chi connectivity index (χ1n) is 7.67. The van der Waals surface area contributed by atoms with E-state index in [1.165, 1.54) is 6.42 Å². The average molecular weight is 315 g/mol. The summed E-state index contributed by atoms with van der Waals surface area (Å²) in [6, 6.07) is 0. The second-order valence-electron chi connectivity index (χ2n) is 7.01. The number of thiocarbonyl (C=S) groups is 1. The van der Waals surface area contributed by atoms with Gasteiger partial charge in [-0.25, -0.2) is 4.79 Å². The predicted octanol–water partition coefficient (Wildman–Crippen LogP) is 2.36. The molecule has 0 aromatic rings. The maximum absolute atomic E-state index is 11.5. The van der Waals surface area contributed by atoms with Crippen molar-refractivity contribution < 1.29 is 9.53 Å². The van der Waals surface area contributed by atoms with Gasteiger partial charge in [0.1, 0.15) is 5.60 Å². The molecule has 1 amide bonds. The number of hydrogen-bond donors (Lipinski definition) is 2. The molecule has 2 unspecified atom stereocenters. The van der Waals surface area contributed by atoms with Crippen LogP contribution in [-0.4, -0.2) is 47.9 Å². The van der Waals surface area contributed by atoms with Gasteiger partial charge in [-0.05, 0) is 51.2 Å². The van der Waals surface area contributed by atoms with Gasteiger partial charge in [-0.15, -0.1) is 0 Å². The van der Waals surface area contributed by atoms with E-state index in [1.54, 1.807) is 0 Å². The van der Waals surface area contributed by atoms with Crippen LogP contribution in [0, 0.1) is 11.8 Å². The highest BCUT2D eigenvalue weighted by Crippen LogP contribution is 2.20. The van der Waals surface area contributed by atoms with Gasteiger partial charge in [0.2, 0.25) is 0 Å². The molecule has 0 saturated carbocycles. The van der Waals surface area contributed by atoms with Gasteiger partial charge in [0.15, 0.2) is 5.11 Å². The van der Waals surface area contributed by atoms with Gasteiger partial charge in [-0.2, -0.15) is 0 Å². The number of amides is 1. The van der Waals surface area contributed by atoms with Crippen molar-refractivity contribution in [2.24, 2.45) is 11.8 Å². The Morgan fingerprint density at radius 1 is 1.19 bits per heavy atom. The highest BCUT2D eigenvalue weighted by Gasteiger charge is 2.23. The largest absolute Gasteiger partial charge is 0.444 e. The molecule has 0 aliphatic carbocycles. The van der Waals surface area contributed by atoms with Crippen LogP contribution in [0.15, 0.2) is 0 Å². The summed E-state index contributed by atoms with van der Waals surface area (Å²) in [5.41, 5.74) is -0.465. The summed E-state index contributed by atoms with van der Waals surface area (Å²) in [4.78, 5) is 13.7. The monoisotopic (exact) mass is 315 g/mol. The van der Waals surface area contributed by atoms with E-state index in [0.717, 1.165) is 18.2 Å². The minimum absolute atomic E-state index is 0.393. The number of ether oxygens (including phenoxy) is 1. The van der Waals surface area contributed by atoms with Crippen molar-refractivity contribution in [2.75, 3.05) is 26.2 Å². The molecule has 1 aliphatic heterocycles. The van der Waals surface area contributed by atoms with Gasteiger partial charge in [0.25, 0.3) is 0 Å². The van der Waals surface area contributed by atoms with Gasteiger partial charge in [0.05, 0.1) is 0 Å². The Bertz CT molecular complexity index is 358. The molecule has 2 atom stereocenters. The van der Waals surface area contributed by atoms with Gasteiger partial charge in [-0.1, -0.05) is 13.8 Å². The molecular formula is C15H29N3O2S. The molecule has 0 radical (unpaired) electrons. The molecule has 1 fully saturated rings. The lowest BCUT2D eigenvalue weighted by Crippen LogP contribution is -2.48. The molecule has 0 bridgehead atoms. The lowest BCUT2D eigenvalue weighted by molar-refractivity contribution is 0.0529. The molecule has 2 N–H and O–H groups in total. The van der Waals surface area contributed by atoms with Gasteiger partial charge >= 0.3 is 6.09 Å². The summed E-state index contributed by atoms with van der Waals surface area (Å²) >= 11 is 5.42. The van der Waals surface area contributed by atoms with E-state index in [2.05, 4.69) is 29.4 Å². The summed E-state index contributed by atoms with van der Waals surface area (Å²) in [6.07, 6.45) is 0.870. The summed E-state index contributed by atoms with van der Waals surface area (Å²) in [5.74, 6) is 1.35.